The van der Waals surface area contributed by atoms with E-state index < -0.39 is 6.04 Å². The molecule has 0 spiro atoms. The zero-order chi connectivity index (χ0) is 15.9. The highest BCUT2D eigenvalue weighted by molar-refractivity contribution is 6.02. The first-order valence-electron chi connectivity index (χ1n) is 7.80. The number of fused-ring (bicyclic) bond motifs is 1. The van der Waals surface area contributed by atoms with Crippen LogP contribution in [0.15, 0.2) is 24.3 Å². The van der Waals surface area contributed by atoms with Crippen LogP contribution in [0.4, 0.5) is 5.69 Å². The van der Waals surface area contributed by atoms with E-state index >= 15 is 0 Å². The van der Waals surface area contributed by atoms with Gasteiger partial charge in [0, 0.05) is 44.2 Å². The molecule has 0 radical (unpaired) electrons. The van der Waals surface area contributed by atoms with Gasteiger partial charge in [-0.1, -0.05) is 18.2 Å². The molecule has 0 bridgehead atoms. The molecular weight excluding hydrogens is 278 g/mol. The zero-order valence-electron chi connectivity index (χ0n) is 13.4. The topological polar surface area (TPSA) is 52.7 Å². The Hall–Kier alpha value is -1.88. The fourth-order valence-corrected chi connectivity index (χ4v) is 3.51. The normalized spacial score (nSPS) is 23.3. The third-order valence-corrected chi connectivity index (χ3v) is 4.48. The van der Waals surface area contributed by atoms with E-state index in [2.05, 4.69) is 19.2 Å². The number of nitrogens with one attached hydrogen (secondary N) is 1. The molecule has 118 valence electrons. The molecule has 1 aromatic carbocycles. The van der Waals surface area contributed by atoms with Gasteiger partial charge >= 0.3 is 0 Å². The quantitative estimate of drug-likeness (QED) is 0.847. The molecule has 3 rings (SSSR count). The first-order chi connectivity index (χ1) is 10.4. The lowest BCUT2D eigenvalue weighted by Gasteiger charge is -2.41. The molecule has 5 nitrogen and oxygen atoms in total. The number of piperazine rings is 1. The van der Waals surface area contributed by atoms with Crippen molar-refractivity contribution >= 4 is 17.5 Å². The Morgan fingerprint density at radius 2 is 2.00 bits per heavy atom. The minimum absolute atomic E-state index is 0.0565. The summed E-state index contributed by atoms with van der Waals surface area (Å²) in [7, 11) is 0. The molecule has 2 aliphatic rings. The number of para-hydroxylation sites is 1. The van der Waals surface area contributed by atoms with Crippen molar-refractivity contribution < 1.29 is 9.59 Å². The molecular formula is C17H23N3O2. The van der Waals surface area contributed by atoms with E-state index in [1.165, 1.54) is 6.92 Å². The van der Waals surface area contributed by atoms with Crippen LogP contribution in [0.3, 0.4) is 0 Å². The van der Waals surface area contributed by atoms with Crippen LogP contribution >= 0.6 is 0 Å². The summed E-state index contributed by atoms with van der Waals surface area (Å²) in [5, 5.41) is 3.41. The van der Waals surface area contributed by atoms with Crippen LogP contribution in [0.5, 0.6) is 0 Å². The molecule has 1 N–H and O–H groups in total. The second-order valence-electron chi connectivity index (χ2n) is 6.81. The second-order valence-corrected chi connectivity index (χ2v) is 6.81. The van der Waals surface area contributed by atoms with E-state index in [1.807, 2.05) is 29.2 Å². The number of benzene rings is 1. The predicted octanol–water partition coefficient (Wildman–Crippen LogP) is 1.17. The molecule has 1 atom stereocenters. The Bertz CT molecular complexity index is 612. The molecule has 1 saturated heterocycles. The van der Waals surface area contributed by atoms with Gasteiger partial charge in [-0.25, -0.2) is 0 Å². The number of amides is 2. The van der Waals surface area contributed by atoms with Crippen LogP contribution in [0.2, 0.25) is 0 Å². The molecule has 2 heterocycles. The van der Waals surface area contributed by atoms with Gasteiger partial charge in [0.2, 0.25) is 11.8 Å². The van der Waals surface area contributed by atoms with Crippen LogP contribution in [-0.2, 0) is 16.0 Å². The molecule has 2 aliphatic heterocycles. The van der Waals surface area contributed by atoms with Crippen molar-refractivity contribution in [2.45, 2.75) is 38.8 Å². The van der Waals surface area contributed by atoms with Crippen molar-refractivity contribution in [2.75, 3.05) is 24.5 Å². The minimum atomic E-state index is -0.399. The Labute approximate surface area is 131 Å². The van der Waals surface area contributed by atoms with Crippen LogP contribution < -0.4 is 10.2 Å². The molecule has 0 aromatic heterocycles. The van der Waals surface area contributed by atoms with Gasteiger partial charge in [-0.05, 0) is 25.5 Å². The van der Waals surface area contributed by atoms with Gasteiger partial charge in [0.15, 0.2) is 0 Å². The highest BCUT2D eigenvalue weighted by Gasteiger charge is 2.40. The van der Waals surface area contributed by atoms with Gasteiger partial charge in [0.05, 0.1) is 0 Å². The fraction of sp³-hybridized carbons (Fsp3) is 0.529. The number of hydrogen-bond acceptors (Lipinski definition) is 3. The second kappa shape index (κ2) is 5.39. The summed E-state index contributed by atoms with van der Waals surface area (Å²) >= 11 is 0. The highest BCUT2D eigenvalue weighted by atomic mass is 16.2. The van der Waals surface area contributed by atoms with E-state index in [0.29, 0.717) is 19.5 Å². The van der Waals surface area contributed by atoms with Gasteiger partial charge < -0.3 is 10.2 Å². The molecule has 2 amide bonds. The summed E-state index contributed by atoms with van der Waals surface area (Å²) in [6.45, 7) is 7.88. The summed E-state index contributed by atoms with van der Waals surface area (Å²) in [6, 6.07) is 7.39. The maximum absolute atomic E-state index is 13.0. The highest BCUT2D eigenvalue weighted by Crippen LogP contribution is 2.33. The number of hydrogen-bond donors (Lipinski definition) is 1. The molecule has 22 heavy (non-hydrogen) atoms. The van der Waals surface area contributed by atoms with Crippen molar-refractivity contribution in [1.82, 2.24) is 10.2 Å². The largest absolute Gasteiger partial charge is 0.338 e. The first-order valence-corrected chi connectivity index (χ1v) is 7.80. The Morgan fingerprint density at radius 1 is 1.27 bits per heavy atom. The number of anilines is 1. The molecule has 1 fully saturated rings. The molecule has 1 aromatic rings. The van der Waals surface area contributed by atoms with Gasteiger partial charge in [-0.2, -0.15) is 0 Å². The lowest BCUT2D eigenvalue weighted by Crippen LogP contribution is -2.61. The maximum atomic E-state index is 13.0. The van der Waals surface area contributed by atoms with Gasteiger partial charge in [0.25, 0.3) is 0 Å². The lowest BCUT2D eigenvalue weighted by atomic mass is 10.0. The summed E-state index contributed by atoms with van der Waals surface area (Å²) in [5.41, 5.74) is 1.87. The Balaban J connectivity index is 1.85. The number of rotatable bonds is 1. The van der Waals surface area contributed by atoms with Crippen molar-refractivity contribution in [2.24, 2.45) is 0 Å². The summed E-state index contributed by atoms with van der Waals surface area (Å²) < 4.78 is 0. The molecule has 0 unspecified atom stereocenters. The van der Waals surface area contributed by atoms with Crippen molar-refractivity contribution in [1.29, 1.82) is 0 Å². The number of carbonyl (C=O) groups excluding carboxylic acids is 2. The van der Waals surface area contributed by atoms with Crippen LogP contribution in [-0.4, -0.2) is 47.9 Å². The van der Waals surface area contributed by atoms with Crippen molar-refractivity contribution in [3.05, 3.63) is 29.8 Å². The van der Waals surface area contributed by atoms with E-state index in [1.54, 1.807) is 4.90 Å². The zero-order valence-corrected chi connectivity index (χ0v) is 13.4. The standard InChI is InChI=1S/C17H23N3O2/c1-12(21)20-14-7-5-4-6-13(14)10-15(20)16(22)19-9-8-18-17(2,3)11-19/h4-7,15,18H,8-11H2,1-3H3/t15-/m0/s1. The van der Waals surface area contributed by atoms with Crippen molar-refractivity contribution in [3.8, 4) is 0 Å². The van der Waals surface area contributed by atoms with Gasteiger partial charge in [-0.3, -0.25) is 14.5 Å². The van der Waals surface area contributed by atoms with E-state index in [9.17, 15) is 9.59 Å². The molecule has 0 saturated carbocycles. The molecule has 5 heteroatoms. The monoisotopic (exact) mass is 301 g/mol. The van der Waals surface area contributed by atoms with E-state index in [4.69, 9.17) is 0 Å². The fourth-order valence-electron chi connectivity index (χ4n) is 3.51. The lowest BCUT2D eigenvalue weighted by molar-refractivity contribution is -0.136. The minimum Gasteiger partial charge on any atom is -0.338 e. The Morgan fingerprint density at radius 3 is 2.68 bits per heavy atom. The molecule has 0 aliphatic carbocycles. The van der Waals surface area contributed by atoms with Crippen LogP contribution in [0.25, 0.3) is 0 Å². The smallest absolute Gasteiger partial charge is 0.246 e. The summed E-state index contributed by atoms with van der Waals surface area (Å²) in [6.07, 6.45) is 0.610. The van der Waals surface area contributed by atoms with E-state index in [-0.39, 0.29) is 17.4 Å². The third kappa shape index (κ3) is 2.61. The third-order valence-electron chi connectivity index (χ3n) is 4.48. The van der Waals surface area contributed by atoms with Gasteiger partial charge in [-0.15, -0.1) is 0 Å². The summed E-state index contributed by atoms with van der Waals surface area (Å²) in [4.78, 5) is 28.6. The SMILES string of the molecule is CC(=O)N1c2ccccc2C[C@H]1C(=O)N1CCNC(C)(C)C1. The predicted molar refractivity (Wildman–Crippen MR) is 85.8 cm³/mol. The summed E-state index contributed by atoms with van der Waals surface area (Å²) in [5.74, 6) is -0.0151. The average Bonchev–Trinajstić information content (AvgIpc) is 2.84. The maximum Gasteiger partial charge on any atom is 0.246 e. The number of nitrogens with zero attached hydrogens (tertiary/aromatic N) is 2. The first kappa shape index (κ1) is 15.0. The van der Waals surface area contributed by atoms with Crippen LogP contribution in [0, 0.1) is 0 Å². The van der Waals surface area contributed by atoms with E-state index in [0.717, 1.165) is 17.8 Å². The van der Waals surface area contributed by atoms with Crippen LogP contribution in [0.1, 0.15) is 26.3 Å². The van der Waals surface area contributed by atoms with Gasteiger partial charge in [0.1, 0.15) is 6.04 Å². The van der Waals surface area contributed by atoms with Crippen molar-refractivity contribution in [3.63, 3.8) is 0 Å². The number of carbonyl (C=O) groups is 2. The Kier molecular flexibility index (Phi) is 3.68. The average molecular weight is 301 g/mol.